The van der Waals surface area contributed by atoms with E-state index in [0.717, 1.165) is 18.2 Å². The third kappa shape index (κ3) is 5.28. The SMILES string of the molecule is O=C([O-])c1ccc(Oc2cccc([N+](=O)[O-])c2)c(NS(=O)[O-])c1.[Na+]. The van der Waals surface area contributed by atoms with Gasteiger partial charge in [0.2, 0.25) is 0 Å². The normalized spacial score (nSPS) is 11.0. The Morgan fingerprint density at radius 3 is 2.50 bits per heavy atom. The van der Waals surface area contributed by atoms with Gasteiger partial charge in [-0.1, -0.05) is 6.07 Å². The van der Waals surface area contributed by atoms with E-state index in [1.54, 1.807) is 0 Å². The summed E-state index contributed by atoms with van der Waals surface area (Å²) >= 11 is -2.72. The zero-order valence-electron chi connectivity index (χ0n) is 12.3. The van der Waals surface area contributed by atoms with Crippen LogP contribution < -0.4 is 44.1 Å². The molecule has 0 bridgehead atoms. The monoisotopic (exact) mass is 359 g/mol. The van der Waals surface area contributed by atoms with Crippen LogP contribution in [0.2, 0.25) is 0 Å². The van der Waals surface area contributed by atoms with E-state index in [1.807, 2.05) is 4.72 Å². The summed E-state index contributed by atoms with van der Waals surface area (Å²) < 4.78 is 28.9. The van der Waals surface area contributed by atoms with Gasteiger partial charge in [-0.15, -0.1) is 0 Å². The van der Waals surface area contributed by atoms with Gasteiger partial charge in [-0.2, -0.15) is 0 Å². The smallest absolute Gasteiger partial charge is 0.755 e. The number of nitrogens with zero attached hydrogens (tertiary/aromatic N) is 1. The van der Waals surface area contributed by atoms with Crippen LogP contribution in [0.25, 0.3) is 0 Å². The predicted octanol–water partition coefficient (Wildman–Crippen LogP) is -2.04. The molecule has 2 rings (SSSR count). The molecule has 0 spiro atoms. The third-order valence-electron chi connectivity index (χ3n) is 2.66. The van der Waals surface area contributed by atoms with E-state index in [2.05, 4.69) is 0 Å². The Morgan fingerprint density at radius 2 is 1.92 bits per heavy atom. The maximum Gasteiger partial charge on any atom is 1.00 e. The molecular formula is C13H8N2NaO7S-. The van der Waals surface area contributed by atoms with Crippen molar-refractivity contribution in [2.75, 3.05) is 4.72 Å². The van der Waals surface area contributed by atoms with Crippen LogP contribution in [0.15, 0.2) is 42.5 Å². The van der Waals surface area contributed by atoms with E-state index in [4.69, 9.17) is 4.74 Å². The molecule has 120 valence electrons. The van der Waals surface area contributed by atoms with Gasteiger partial charge in [0.05, 0.1) is 22.6 Å². The van der Waals surface area contributed by atoms with Crippen molar-refractivity contribution in [1.29, 1.82) is 0 Å². The van der Waals surface area contributed by atoms with Gasteiger partial charge in [-0.3, -0.25) is 14.3 Å². The van der Waals surface area contributed by atoms with Crippen LogP contribution in [-0.2, 0) is 11.3 Å². The second-order valence-electron chi connectivity index (χ2n) is 4.19. The second kappa shape index (κ2) is 8.76. The molecule has 0 aliphatic heterocycles. The number of rotatable bonds is 6. The van der Waals surface area contributed by atoms with E-state index in [1.165, 1.54) is 24.3 Å². The van der Waals surface area contributed by atoms with Crippen LogP contribution in [0.5, 0.6) is 11.5 Å². The number of hydrogen-bond acceptors (Lipinski definition) is 7. The van der Waals surface area contributed by atoms with Crippen LogP contribution in [-0.4, -0.2) is 19.7 Å². The number of carbonyl (C=O) groups excluding carboxylic acids is 1. The summed E-state index contributed by atoms with van der Waals surface area (Å²) in [5.41, 5.74) is -0.619. The van der Waals surface area contributed by atoms with Gasteiger partial charge in [-0.05, 0) is 29.8 Å². The number of carbonyl (C=O) groups is 1. The molecule has 11 heteroatoms. The minimum Gasteiger partial charge on any atom is -0.755 e. The Kier molecular flexibility index (Phi) is 7.32. The summed E-state index contributed by atoms with van der Waals surface area (Å²) in [4.78, 5) is 20.9. The quantitative estimate of drug-likeness (QED) is 0.271. The number of nitro groups is 1. The summed E-state index contributed by atoms with van der Waals surface area (Å²) in [5.74, 6) is -1.44. The van der Waals surface area contributed by atoms with Crippen molar-refractivity contribution in [2.24, 2.45) is 0 Å². The molecule has 0 saturated heterocycles. The number of non-ortho nitro benzene ring substituents is 1. The number of carboxylic acid groups (broad SMARTS) is 1. The zero-order chi connectivity index (χ0) is 17.0. The minimum atomic E-state index is -2.72. The average Bonchev–Trinajstić information content (AvgIpc) is 2.48. The first-order chi connectivity index (χ1) is 10.9. The van der Waals surface area contributed by atoms with Crippen molar-refractivity contribution in [3.63, 3.8) is 0 Å². The molecule has 1 N–H and O–H groups in total. The summed E-state index contributed by atoms with van der Waals surface area (Å²) in [6.07, 6.45) is 0. The van der Waals surface area contributed by atoms with Gasteiger partial charge in [0.15, 0.2) is 5.75 Å². The zero-order valence-corrected chi connectivity index (χ0v) is 15.1. The Labute approximate surface area is 160 Å². The van der Waals surface area contributed by atoms with Crippen molar-refractivity contribution in [2.45, 2.75) is 0 Å². The van der Waals surface area contributed by atoms with Gasteiger partial charge in [-0.25, -0.2) is 0 Å². The summed E-state index contributed by atoms with van der Waals surface area (Å²) in [6, 6.07) is 8.60. The molecular weight excluding hydrogens is 351 g/mol. The number of carboxylic acids is 1. The Morgan fingerprint density at radius 1 is 1.21 bits per heavy atom. The van der Waals surface area contributed by atoms with Crippen LogP contribution in [0.3, 0.4) is 0 Å². The van der Waals surface area contributed by atoms with Crippen LogP contribution in [0, 0.1) is 10.1 Å². The van der Waals surface area contributed by atoms with Gasteiger partial charge in [0.25, 0.3) is 5.69 Å². The molecule has 2 aromatic carbocycles. The van der Waals surface area contributed by atoms with Crippen molar-refractivity contribution in [1.82, 2.24) is 0 Å². The fourth-order valence-corrected chi connectivity index (χ4v) is 2.04. The first-order valence-corrected chi connectivity index (χ1v) is 7.08. The van der Waals surface area contributed by atoms with Gasteiger partial charge in [0, 0.05) is 17.3 Å². The van der Waals surface area contributed by atoms with Crippen molar-refractivity contribution < 1.29 is 57.9 Å². The molecule has 1 atom stereocenters. The maximum atomic E-state index is 10.8. The maximum absolute atomic E-state index is 10.8. The van der Waals surface area contributed by atoms with E-state index in [0.29, 0.717) is 0 Å². The first-order valence-electron chi connectivity index (χ1n) is 6.00. The number of nitro benzene ring substituents is 1. The minimum absolute atomic E-state index is 0. The fourth-order valence-electron chi connectivity index (χ4n) is 1.70. The number of hydrogen-bond donors (Lipinski definition) is 1. The molecule has 24 heavy (non-hydrogen) atoms. The first kappa shape index (κ1) is 20.1. The molecule has 0 heterocycles. The Bertz CT molecular complexity index is 800. The molecule has 0 saturated carbocycles. The van der Waals surface area contributed by atoms with E-state index < -0.39 is 22.2 Å². The third-order valence-corrected chi connectivity index (χ3v) is 3.05. The summed E-state index contributed by atoms with van der Waals surface area (Å²) in [5, 5.41) is 21.5. The largest absolute Gasteiger partial charge is 1.00 e. The van der Waals surface area contributed by atoms with Crippen LogP contribution >= 0.6 is 0 Å². The average molecular weight is 359 g/mol. The molecule has 0 radical (unpaired) electrons. The summed E-state index contributed by atoms with van der Waals surface area (Å²) in [6.45, 7) is 0. The number of aromatic carboxylic acids is 1. The predicted molar refractivity (Wildman–Crippen MR) is 76.5 cm³/mol. The topological polar surface area (TPSA) is 145 Å². The molecule has 0 aliphatic rings. The van der Waals surface area contributed by atoms with Gasteiger partial charge in [0.1, 0.15) is 5.75 Å². The van der Waals surface area contributed by atoms with Crippen LogP contribution in [0.1, 0.15) is 10.4 Å². The molecule has 9 nitrogen and oxygen atoms in total. The van der Waals surface area contributed by atoms with E-state index >= 15 is 0 Å². The fraction of sp³-hybridized carbons (Fsp3) is 0. The molecule has 0 aliphatic carbocycles. The number of nitrogens with one attached hydrogen (secondary N) is 1. The van der Waals surface area contributed by atoms with Crippen molar-refractivity contribution in [3.05, 3.63) is 58.1 Å². The number of anilines is 1. The Hall–Kier alpha value is -1.98. The van der Waals surface area contributed by atoms with Crippen molar-refractivity contribution >= 4 is 28.6 Å². The van der Waals surface area contributed by atoms with E-state index in [9.17, 15) is 28.8 Å². The number of ether oxygens (including phenoxy) is 1. The second-order valence-corrected chi connectivity index (χ2v) is 4.87. The number of benzene rings is 2. The molecule has 1 unspecified atom stereocenters. The molecule has 0 amide bonds. The van der Waals surface area contributed by atoms with Gasteiger partial charge < -0.3 is 23.9 Å². The molecule has 0 aromatic heterocycles. The Balaban J connectivity index is 0.00000288. The molecule has 2 aromatic rings. The van der Waals surface area contributed by atoms with Gasteiger partial charge >= 0.3 is 29.6 Å². The van der Waals surface area contributed by atoms with Crippen molar-refractivity contribution in [3.8, 4) is 11.5 Å². The van der Waals surface area contributed by atoms with Crippen LogP contribution in [0.4, 0.5) is 11.4 Å². The van der Waals surface area contributed by atoms with E-state index in [-0.39, 0.29) is 58.0 Å². The summed E-state index contributed by atoms with van der Waals surface area (Å²) in [7, 11) is 0. The molecule has 0 fully saturated rings. The standard InChI is InChI=1S/C13H10N2O7S.Na/c16-13(17)8-4-5-12(11(6-8)14-23(20)21)22-10-3-1-2-9(7-10)15(18)19;/h1-7,14H,(H,16,17)(H,20,21);/q;+1/p-2.